The Morgan fingerprint density at radius 2 is 1.39 bits per heavy atom. The van der Waals surface area contributed by atoms with Crippen LogP contribution >= 0.6 is 0 Å². The molecule has 6 rings (SSSR count). The molecular formula is C38H41N3O3. The number of hydrogen-bond donors (Lipinski definition) is 1. The van der Waals surface area contributed by atoms with Crippen LogP contribution in [0.4, 0.5) is 0 Å². The number of benzene rings is 4. The van der Waals surface area contributed by atoms with Crippen LogP contribution in [0.3, 0.4) is 0 Å². The van der Waals surface area contributed by atoms with Crippen molar-refractivity contribution in [2.45, 2.75) is 44.3 Å². The number of ether oxygens (including phenoxy) is 2. The molecule has 1 aliphatic heterocycles. The maximum atomic E-state index is 13.8. The number of aromatic nitrogens is 1. The number of likely N-dealkylation sites (tertiary alicyclic amines) is 1. The van der Waals surface area contributed by atoms with Crippen LogP contribution in [0.1, 0.15) is 47.4 Å². The predicted molar refractivity (Wildman–Crippen MR) is 176 cm³/mol. The number of hydrogen-bond acceptors (Lipinski definition) is 4. The molecule has 1 fully saturated rings. The van der Waals surface area contributed by atoms with Crippen LogP contribution < -0.4 is 14.8 Å². The van der Waals surface area contributed by atoms with Gasteiger partial charge in [0.1, 0.15) is 11.5 Å². The Hall–Kier alpha value is -4.55. The third-order valence-electron chi connectivity index (χ3n) is 8.76. The van der Waals surface area contributed by atoms with Crippen molar-refractivity contribution < 1.29 is 14.3 Å². The van der Waals surface area contributed by atoms with Gasteiger partial charge in [0.25, 0.3) is 0 Å². The highest BCUT2D eigenvalue weighted by molar-refractivity contribution is 5.87. The minimum absolute atomic E-state index is 0.0678. The number of rotatable bonds is 11. The highest BCUT2D eigenvalue weighted by Gasteiger charge is 2.27. The van der Waals surface area contributed by atoms with Crippen molar-refractivity contribution in [3.63, 3.8) is 0 Å². The molecular weight excluding hydrogens is 546 g/mol. The van der Waals surface area contributed by atoms with E-state index in [-0.39, 0.29) is 17.9 Å². The third-order valence-corrected chi connectivity index (χ3v) is 8.76. The Morgan fingerprint density at radius 3 is 2.02 bits per heavy atom. The minimum Gasteiger partial charge on any atom is -0.497 e. The van der Waals surface area contributed by atoms with Gasteiger partial charge in [0.15, 0.2) is 0 Å². The zero-order chi connectivity index (χ0) is 30.3. The average Bonchev–Trinajstić information content (AvgIpc) is 3.43. The standard InChI is InChI=1S/C38H41N3O3/c1-43-32-21-30(22-33(23-32)44-2)35(24-38(42)39-31-17-19-40(20-18-31)25-28-11-5-3-6-12-28)36-27-41(26-29-13-7-4-8-14-29)37-16-10-9-15-34(36)37/h3-16,21-23,27,31,35H,17-20,24-26H2,1-2H3,(H,39,42). The third kappa shape index (κ3) is 6.98. The fraction of sp³-hybridized carbons (Fsp3) is 0.289. The van der Waals surface area contributed by atoms with Crippen LogP contribution in [-0.2, 0) is 17.9 Å². The van der Waals surface area contributed by atoms with Crippen molar-refractivity contribution in [3.05, 3.63) is 132 Å². The number of methoxy groups -OCH3 is 2. The summed E-state index contributed by atoms with van der Waals surface area (Å²) in [6, 6.07) is 35.7. The van der Waals surface area contributed by atoms with Crippen LogP contribution in [0.25, 0.3) is 10.9 Å². The number of nitrogens with one attached hydrogen (secondary N) is 1. The Morgan fingerprint density at radius 1 is 0.795 bits per heavy atom. The molecule has 2 heterocycles. The van der Waals surface area contributed by atoms with E-state index in [1.807, 2.05) is 24.3 Å². The maximum absolute atomic E-state index is 13.8. The lowest BCUT2D eigenvalue weighted by molar-refractivity contribution is -0.122. The molecule has 1 atom stereocenters. The van der Waals surface area contributed by atoms with Crippen LogP contribution in [-0.4, -0.2) is 48.7 Å². The molecule has 1 aliphatic rings. The summed E-state index contributed by atoms with van der Waals surface area (Å²) in [4.78, 5) is 16.3. The number of para-hydroxylation sites is 1. The zero-order valence-electron chi connectivity index (χ0n) is 25.6. The zero-order valence-corrected chi connectivity index (χ0v) is 25.6. The Bertz CT molecular complexity index is 1650. The van der Waals surface area contributed by atoms with Gasteiger partial charge in [0.2, 0.25) is 5.91 Å². The Labute approximate surface area is 260 Å². The summed E-state index contributed by atoms with van der Waals surface area (Å²) in [7, 11) is 3.33. The van der Waals surface area contributed by atoms with Gasteiger partial charge < -0.3 is 19.4 Å². The quantitative estimate of drug-likeness (QED) is 0.181. The first-order valence-corrected chi connectivity index (χ1v) is 15.5. The van der Waals surface area contributed by atoms with Gasteiger partial charge in [-0.1, -0.05) is 78.9 Å². The molecule has 0 aliphatic carbocycles. The number of piperidine rings is 1. The first kappa shape index (κ1) is 29.5. The van der Waals surface area contributed by atoms with Crippen molar-refractivity contribution in [3.8, 4) is 11.5 Å². The van der Waals surface area contributed by atoms with Crippen LogP contribution in [0.15, 0.2) is 109 Å². The summed E-state index contributed by atoms with van der Waals surface area (Å²) < 4.78 is 13.6. The molecule has 226 valence electrons. The van der Waals surface area contributed by atoms with E-state index in [4.69, 9.17) is 9.47 Å². The second kappa shape index (κ2) is 13.8. The summed E-state index contributed by atoms with van der Waals surface area (Å²) in [5.41, 5.74) is 5.84. The van der Waals surface area contributed by atoms with Gasteiger partial charge in [0, 0.05) is 67.7 Å². The number of nitrogens with zero attached hydrogens (tertiary/aromatic N) is 2. The molecule has 1 amide bonds. The summed E-state index contributed by atoms with van der Waals surface area (Å²) in [5.74, 6) is 1.31. The molecule has 6 nitrogen and oxygen atoms in total. The van der Waals surface area contributed by atoms with Gasteiger partial charge >= 0.3 is 0 Å². The van der Waals surface area contributed by atoms with E-state index >= 15 is 0 Å². The molecule has 0 bridgehead atoms. The molecule has 0 spiro atoms. The van der Waals surface area contributed by atoms with Gasteiger partial charge in [-0.2, -0.15) is 0 Å². The SMILES string of the molecule is COc1cc(OC)cc(C(CC(=O)NC2CCN(Cc3ccccc3)CC2)c2cn(Cc3ccccc3)c3ccccc23)c1. The van der Waals surface area contributed by atoms with Gasteiger partial charge in [-0.15, -0.1) is 0 Å². The summed E-state index contributed by atoms with van der Waals surface area (Å²) in [5, 5.41) is 4.54. The first-order chi connectivity index (χ1) is 21.6. The molecule has 1 saturated heterocycles. The second-order valence-electron chi connectivity index (χ2n) is 11.7. The van der Waals surface area contributed by atoms with E-state index in [0.29, 0.717) is 17.9 Å². The lowest BCUT2D eigenvalue weighted by atomic mass is 9.87. The average molecular weight is 588 g/mol. The van der Waals surface area contributed by atoms with Crippen molar-refractivity contribution >= 4 is 16.8 Å². The monoisotopic (exact) mass is 587 g/mol. The molecule has 6 heteroatoms. The topological polar surface area (TPSA) is 55.7 Å². The van der Waals surface area contributed by atoms with Crippen molar-refractivity contribution in [2.75, 3.05) is 27.3 Å². The fourth-order valence-electron chi connectivity index (χ4n) is 6.45. The largest absolute Gasteiger partial charge is 0.497 e. The number of amides is 1. The van der Waals surface area contributed by atoms with E-state index in [1.54, 1.807) is 14.2 Å². The molecule has 1 N–H and O–H groups in total. The molecule has 1 aromatic heterocycles. The van der Waals surface area contributed by atoms with Gasteiger partial charge in [-0.05, 0) is 53.3 Å². The lowest BCUT2D eigenvalue weighted by Crippen LogP contribution is -2.44. The maximum Gasteiger partial charge on any atom is 0.221 e. The van der Waals surface area contributed by atoms with Crippen LogP contribution in [0, 0.1) is 0 Å². The van der Waals surface area contributed by atoms with Crippen molar-refractivity contribution in [2.24, 2.45) is 0 Å². The Kier molecular flexibility index (Phi) is 9.28. The van der Waals surface area contributed by atoms with Crippen molar-refractivity contribution in [1.82, 2.24) is 14.8 Å². The summed E-state index contributed by atoms with van der Waals surface area (Å²) in [6.07, 6.45) is 4.46. The molecule has 1 unspecified atom stereocenters. The number of carbonyl (C=O) groups is 1. The highest BCUT2D eigenvalue weighted by atomic mass is 16.5. The molecule has 5 aromatic rings. The van der Waals surface area contributed by atoms with E-state index < -0.39 is 0 Å². The van der Waals surface area contributed by atoms with Gasteiger partial charge in [-0.3, -0.25) is 9.69 Å². The molecule has 0 radical (unpaired) electrons. The van der Waals surface area contributed by atoms with Gasteiger partial charge in [-0.25, -0.2) is 0 Å². The lowest BCUT2D eigenvalue weighted by Gasteiger charge is -2.32. The number of fused-ring (bicyclic) bond motifs is 1. The highest BCUT2D eigenvalue weighted by Crippen LogP contribution is 2.38. The smallest absolute Gasteiger partial charge is 0.221 e. The fourth-order valence-corrected chi connectivity index (χ4v) is 6.45. The first-order valence-electron chi connectivity index (χ1n) is 15.5. The molecule has 4 aromatic carbocycles. The Balaban J connectivity index is 1.25. The minimum atomic E-state index is -0.181. The van der Waals surface area contributed by atoms with Crippen molar-refractivity contribution in [1.29, 1.82) is 0 Å². The van der Waals surface area contributed by atoms with Crippen LogP contribution in [0.5, 0.6) is 11.5 Å². The second-order valence-corrected chi connectivity index (χ2v) is 11.7. The molecule has 0 saturated carbocycles. The number of carbonyl (C=O) groups excluding carboxylic acids is 1. The normalized spacial score (nSPS) is 14.8. The van der Waals surface area contributed by atoms with E-state index in [0.717, 1.165) is 61.1 Å². The van der Waals surface area contributed by atoms with Gasteiger partial charge in [0.05, 0.1) is 14.2 Å². The summed E-state index contributed by atoms with van der Waals surface area (Å²) in [6.45, 7) is 3.66. The molecule has 44 heavy (non-hydrogen) atoms. The van der Waals surface area contributed by atoms with E-state index in [2.05, 4.69) is 99.8 Å². The summed E-state index contributed by atoms with van der Waals surface area (Å²) >= 11 is 0. The van der Waals surface area contributed by atoms with E-state index in [9.17, 15) is 4.79 Å². The van der Waals surface area contributed by atoms with Crippen LogP contribution in [0.2, 0.25) is 0 Å². The predicted octanol–water partition coefficient (Wildman–Crippen LogP) is 7.01. The van der Waals surface area contributed by atoms with E-state index in [1.165, 1.54) is 11.1 Å².